The first kappa shape index (κ1) is 22.3. The molecule has 0 N–H and O–H groups in total. The highest BCUT2D eigenvalue weighted by Gasteiger charge is 2.32. The minimum absolute atomic E-state index is 0.477. The third-order valence-electron chi connectivity index (χ3n) is 8.02. The molecule has 2 nitrogen and oxygen atoms in total. The SMILES string of the molecule is CCC(CC(C)CCC1CCC(OC)CC1)OC1CCC(C2C=CCCC2)C1. The molecule has 0 aromatic rings. The van der Waals surface area contributed by atoms with Gasteiger partial charge in [-0.05, 0) is 101 Å². The van der Waals surface area contributed by atoms with Crippen molar-refractivity contribution >= 4 is 0 Å². The zero-order valence-electron chi connectivity index (χ0n) is 18.9. The Balaban J connectivity index is 1.33. The van der Waals surface area contributed by atoms with Crippen molar-refractivity contribution in [1.82, 2.24) is 0 Å². The summed E-state index contributed by atoms with van der Waals surface area (Å²) in [5.41, 5.74) is 0. The lowest BCUT2D eigenvalue weighted by molar-refractivity contribution is -0.0244. The smallest absolute Gasteiger partial charge is 0.0581 e. The van der Waals surface area contributed by atoms with E-state index in [2.05, 4.69) is 26.0 Å². The molecule has 0 amide bonds. The van der Waals surface area contributed by atoms with Crippen LogP contribution in [0.1, 0.15) is 104 Å². The van der Waals surface area contributed by atoms with Crippen LogP contribution in [-0.2, 0) is 9.47 Å². The Morgan fingerprint density at radius 2 is 1.79 bits per heavy atom. The van der Waals surface area contributed by atoms with Gasteiger partial charge in [-0.1, -0.05) is 38.8 Å². The summed E-state index contributed by atoms with van der Waals surface area (Å²) in [6.45, 7) is 4.77. The van der Waals surface area contributed by atoms with Crippen molar-refractivity contribution in [1.29, 1.82) is 0 Å². The second kappa shape index (κ2) is 11.7. The van der Waals surface area contributed by atoms with Crippen LogP contribution in [0.25, 0.3) is 0 Å². The summed E-state index contributed by atoms with van der Waals surface area (Å²) in [5, 5.41) is 0. The lowest BCUT2D eigenvalue weighted by Crippen LogP contribution is -2.23. The van der Waals surface area contributed by atoms with Gasteiger partial charge in [-0.3, -0.25) is 0 Å². The molecule has 0 aromatic heterocycles. The first-order chi connectivity index (χ1) is 13.7. The number of rotatable bonds is 10. The van der Waals surface area contributed by atoms with Crippen LogP contribution in [0.15, 0.2) is 12.2 Å². The first-order valence-corrected chi connectivity index (χ1v) is 12.5. The average Bonchev–Trinajstić information content (AvgIpc) is 3.21. The van der Waals surface area contributed by atoms with E-state index in [9.17, 15) is 0 Å². The van der Waals surface area contributed by atoms with Gasteiger partial charge in [0, 0.05) is 7.11 Å². The fourth-order valence-electron chi connectivity index (χ4n) is 6.05. The van der Waals surface area contributed by atoms with Gasteiger partial charge < -0.3 is 9.47 Å². The van der Waals surface area contributed by atoms with E-state index in [1.54, 1.807) is 0 Å². The fraction of sp³-hybridized carbons (Fsp3) is 0.923. The van der Waals surface area contributed by atoms with Crippen molar-refractivity contribution in [2.45, 2.75) is 122 Å². The lowest BCUT2D eigenvalue weighted by Gasteiger charge is -2.29. The summed E-state index contributed by atoms with van der Waals surface area (Å²) >= 11 is 0. The van der Waals surface area contributed by atoms with Crippen molar-refractivity contribution in [3.63, 3.8) is 0 Å². The van der Waals surface area contributed by atoms with Crippen LogP contribution in [0.3, 0.4) is 0 Å². The lowest BCUT2D eigenvalue weighted by atomic mass is 9.82. The molecule has 0 bridgehead atoms. The Morgan fingerprint density at radius 1 is 1.00 bits per heavy atom. The van der Waals surface area contributed by atoms with Crippen LogP contribution < -0.4 is 0 Å². The van der Waals surface area contributed by atoms with E-state index >= 15 is 0 Å². The summed E-state index contributed by atoms with van der Waals surface area (Å²) in [4.78, 5) is 0. The molecule has 0 aromatic carbocycles. The predicted octanol–water partition coefficient (Wildman–Crippen LogP) is 7.32. The second-order valence-corrected chi connectivity index (χ2v) is 10.2. The van der Waals surface area contributed by atoms with Gasteiger partial charge >= 0.3 is 0 Å². The predicted molar refractivity (Wildman–Crippen MR) is 119 cm³/mol. The highest BCUT2D eigenvalue weighted by atomic mass is 16.5. The van der Waals surface area contributed by atoms with Gasteiger partial charge in [-0.2, -0.15) is 0 Å². The largest absolute Gasteiger partial charge is 0.381 e. The molecule has 2 fully saturated rings. The number of allylic oxidation sites excluding steroid dienone is 2. The number of ether oxygens (including phenoxy) is 2. The molecule has 3 aliphatic carbocycles. The van der Waals surface area contributed by atoms with Crippen LogP contribution >= 0.6 is 0 Å². The minimum Gasteiger partial charge on any atom is -0.381 e. The topological polar surface area (TPSA) is 18.5 Å². The normalized spacial score (nSPS) is 35.8. The Bertz CT molecular complexity index is 451. The molecule has 5 unspecified atom stereocenters. The summed E-state index contributed by atoms with van der Waals surface area (Å²) in [6, 6.07) is 0. The Labute approximate surface area is 174 Å². The number of hydrogen-bond acceptors (Lipinski definition) is 2. The molecule has 3 aliphatic rings. The molecule has 5 atom stereocenters. The van der Waals surface area contributed by atoms with E-state index in [1.165, 1.54) is 89.9 Å². The van der Waals surface area contributed by atoms with E-state index in [0.717, 1.165) is 23.7 Å². The zero-order chi connectivity index (χ0) is 19.8. The van der Waals surface area contributed by atoms with Gasteiger partial charge in [0.1, 0.15) is 0 Å². The number of hydrogen-bond donors (Lipinski definition) is 0. The maximum absolute atomic E-state index is 6.63. The van der Waals surface area contributed by atoms with Gasteiger partial charge in [-0.15, -0.1) is 0 Å². The van der Waals surface area contributed by atoms with Crippen LogP contribution in [0.2, 0.25) is 0 Å². The highest BCUT2D eigenvalue weighted by Crippen LogP contribution is 2.39. The van der Waals surface area contributed by atoms with E-state index in [-0.39, 0.29) is 0 Å². The van der Waals surface area contributed by atoms with Crippen LogP contribution in [0, 0.1) is 23.7 Å². The van der Waals surface area contributed by atoms with E-state index < -0.39 is 0 Å². The van der Waals surface area contributed by atoms with Crippen LogP contribution in [0.5, 0.6) is 0 Å². The summed E-state index contributed by atoms with van der Waals surface area (Å²) < 4.78 is 12.2. The van der Waals surface area contributed by atoms with Crippen molar-refractivity contribution < 1.29 is 9.47 Å². The molecule has 0 aliphatic heterocycles. The Morgan fingerprint density at radius 3 is 2.46 bits per heavy atom. The van der Waals surface area contributed by atoms with Gasteiger partial charge in [0.05, 0.1) is 18.3 Å². The van der Waals surface area contributed by atoms with Crippen LogP contribution in [-0.4, -0.2) is 25.4 Å². The first-order valence-electron chi connectivity index (χ1n) is 12.5. The summed E-state index contributed by atoms with van der Waals surface area (Å²) in [7, 11) is 1.87. The van der Waals surface area contributed by atoms with Crippen molar-refractivity contribution in [3.8, 4) is 0 Å². The molecule has 162 valence electrons. The van der Waals surface area contributed by atoms with Crippen molar-refractivity contribution in [2.75, 3.05) is 7.11 Å². The quantitative estimate of drug-likeness (QED) is 0.364. The second-order valence-electron chi connectivity index (χ2n) is 10.2. The fourth-order valence-corrected chi connectivity index (χ4v) is 6.05. The van der Waals surface area contributed by atoms with E-state index in [4.69, 9.17) is 9.47 Å². The Hall–Kier alpha value is -0.340. The Kier molecular flexibility index (Phi) is 9.37. The third kappa shape index (κ3) is 6.87. The molecule has 28 heavy (non-hydrogen) atoms. The molecule has 2 saturated carbocycles. The molecule has 0 spiro atoms. The van der Waals surface area contributed by atoms with Crippen molar-refractivity contribution in [3.05, 3.63) is 12.2 Å². The molecular formula is C26H46O2. The number of methoxy groups -OCH3 is 1. The molecule has 0 saturated heterocycles. The third-order valence-corrected chi connectivity index (χ3v) is 8.02. The van der Waals surface area contributed by atoms with E-state index in [0.29, 0.717) is 18.3 Å². The molecule has 0 radical (unpaired) electrons. The molecule has 3 rings (SSSR count). The molecular weight excluding hydrogens is 344 g/mol. The van der Waals surface area contributed by atoms with Crippen LogP contribution in [0.4, 0.5) is 0 Å². The molecule has 2 heteroatoms. The minimum atomic E-state index is 0.477. The summed E-state index contributed by atoms with van der Waals surface area (Å²) in [5.74, 6) is 3.46. The molecule has 0 heterocycles. The van der Waals surface area contributed by atoms with E-state index in [1.807, 2.05) is 7.11 Å². The maximum atomic E-state index is 6.63. The summed E-state index contributed by atoms with van der Waals surface area (Å²) in [6.07, 6.45) is 25.1. The highest BCUT2D eigenvalue weighted by molar-refractivity contribution is 4.98. The van der Waals surface area contributed by atoms with Gasteiger partial charge in [0.15, 0.2) is 0 Å². The zero-order valence-corrected chi connectivity index (χ0v) is 18.9. The van der Waals surface area contributed by atoms with Gasteiger partial charge in [0.25, 0.3) is 0 Å². The monoisotopic (exact) mass is 390 g/mol. The average molecular weight is 391 g/mol. The van der Waals surface area contributed by atoms with Gasteiger partial charge in [0.2, 0.25) is 0 Å². The standard InChI is InChI=1S/C26H46O2/c1-4-24(18-20(2)10-11-21-12-15-25(27-3)16-13-21)28-26-17-14-23(19-26)22-8-6-5-7-9-22/h6,8,20-26H,4-5,7,9-19H2,1-3H3. The van der Waals surface area contributed by atoms with Gasteiger partial charge in [-0.25, -0.2) is 0 Å². The van der Waals surface area contributed by atoms with Crippen molar-refractivity contribution in [2.24, 2.45) is 23.7 Å². The maximum Gasteiger partial charge on any atom is 0.0581 e.